The number of hydrogen-bond donors (Lipinski definition) is 1. The molecule has 2 heteroatoms. The Morgan fingerprint density at radius 3 is 2.82 bits per heavy atom. The summed E-state index contributed by atoms with van der Waals surface area (Å²) in [5.41, 5.74) is 6.08. The number of fused-ring (bicyclic) bond motifs is 1. The van der Waals surface area contributed by atoms with Gasteiger partial charge in [0.1, 0.15) is 0 Å². The fourth-order valence-electron chi connectivity index (χ4n) is 2.42. The molecule has 1 aliphatic heterocycles. The van der Waals surface area contributed by atoms with Gasteiger partial charge >= 0.3 is 0 Å². The summed E-state index contributed by atoms with van der Waals surface area (Å²) in [4.78, 5) is 0. The maximum Gasteiger partial charge on any atom is 0.00900 e. The molecule has 0 aromatic rings. The Morgan fingerprint density at radius 1 is 1.09 bits per heavy atom. The van der Waals surface area contributed by atoms with Crippen molar-refractivity contribution in [1.29, 1.82) is 0 Å². The second kappa shape index (κ2) is 3.36. The second-order valence-electron chi connectivity index (χ2n) is 3.81. The van der Waals surface area contributed by atoms with Crippen LogP contribution in [-0.2, 0) is 0 Å². The van der Waals surface area contributed by atoms with E-state index in [1.165, 1.54) is 37.9 Å². The van der Waals surface area contributed by atoms with Crippen LogP contribution in [0.15, 0.2) is 0 Å². The van der Waals surface area contributed by atoms with Crippen LogP contribution in [0.2, 0.25) is 0 Å². The van der Waals surface area contributed by atoms with Gasteiger partial charge in [-0.05, 0) is 37.4 Å². The van der Waals surface area contributed by atoms with E-state index in [9.17, 15) is 0 Å². The standard InChI is InChI=1S/C9H17NS/c10-8-4-1-5-9-7(8)3-2-6-11-9/h7-9H,1-6,10H2. The summed E-state index contributed by atoms with van der Waals surface area (Å²) in [6, 6.07) is 0.529. The van der Waals surface area contributed by atoms with Gasteiger partial charge < -0.3 is 5.73 Å². The first-order valence-corrected chi connectivity index (χ1v) is 5.80. The van der Waals surface area contributed by atoms with E-state index in [1.54, 1.807) is 0 Å². The molecule has 2 aliphatic rings. The topological polar surface area (TPSA) is 26.0 Å². The maximum absolute atomic E-state index is 6.08. The molecule has 64 valence electrons. The van der Waals surface area contributed by atoms with Crippen LogP contribution in [0.25, 0.3) is 0 Å². The highest BCUT2D eigenvalue weighted by molar-refractivity contribution is 7.99. The molecule has 1 saturated carbocycles. The van der Waals surface area contributed by atoms with Crippen molar-refractivity contribution in [2.75, 3.05) is 5.75 Å². The van der Waals surface area contributed by atoms with Crippen LogP contribution in [-0.4, -0.2) is 17.0 Å². The molecule has 0 radical (unpaired) electrons. The third kappa shape index (κ3) is 1.57. The molecule has 3 unspecified atom stereocenters. The van der Waals surface area contributed by atoms with Gasteiger partial charge in [-0.15, -0.1) is 0 Å². The molecule has 1 heterocycles. The van der Waals surface area contributed by atoms with Gasteiger partial charge in [-0.3, -0.25) is 0 Å². The summed E-state index contributed by atoms with van der Waals surface area (Å²) in [6.07, 6.45) is 6.89. The zero-order valence-corrected chi connectivity index (χ0v) is 7.78. The second-order valence-corrected chi connectivity index (χ2v) is 5.16. The minimum Gasteiger partial charge on any atom is -0.327 e. The van der Waals surface area contributed by atoms with Crippen LogP contribution in [0.5, 0.6) is 0 Å². The van der Waals surface area contributed by atoms with Gasteiger partial charge in [0, 0.05) is 11.3 Å². The van der Waals surface area contributed by atoms with E-state index in [1.807, 2.05) is 0 Å². The third-order valence-corrected chi connectivity index (χ3v) is 4.61. The van der Waals surface area contributed by atoms with Crippen LogP contribution in [0, 0.1) is 5.92 Å². The molecule has 0 amide bonds. The Balaban J connectivity index is 1.99. The van der Waals surface area contributed by atoms with Crippen molar-refractivity contribution in [1.82, 2.24) is 0 Å². The predicted molar refractivity (Wildman–Crippen MR) is 50.8 cm³/mol. The zero-order valence-electron chi connectivity index (χ0n) is 6.96. The van der Waals surface area contributed by atoms with Crippen molar-refractivity contribution < 1.29 is 0 Å². The van der Waals surface area contributed by atoms with E-state index in [0.29, 0.717) is 6.04 Å². The lowest BCUT2D eigenvalue weighted by Crippen LogP contribution is -2.42. The van der Waals surface area contributed by atoms with E-state index in [4.69, 9.17) is 5.73 Å². The SMILES string of the molecule is NC1CCCC2SCCCC12. The van der Waals surface area contributed by atoms with Crippen LogP contribution in [0.3, 0.4) is 0 Å². The lowest BCUT2D eigenvalue weighted by Gasteiger charge is -2.39. The highest BCUT2D eigenvalue weighted by Gasteiger charge is 2.32. The molecule has 1 aliphatic carbocycles. The quantitative estimate of drug-likeness (QED) is 0.603. The zero-order chi connectivity index (χ0) is 7.68. The summed E-state index contributed by atoms with van der Waals surface area (Å²) >= 11 is 2.17. The maximum atomic E-state index is 6.08. The first kappa shape index (κ1) is 7.93. The van der Waals surface area contributed by atoms with Crippen molar-refractivity contribution in [2.45, 2.75) is 43.4 Å². The molecule has 2 rings (SSSR count). The number of nitrogens with two attached hydrogens (primary N) is 1. The lowest BCUT2D eigenvalue weighted by molar-refractivity contribution is 0.293. The summed E-state index contributed by atoms with van der Waals surface area (Å²) in [7, 11) is 0. The first-order chi connectivity index (χ1) is 5.38. The third-order valence-electron chi connectivity index (χ3n) is 3.07. The van der Waals surface area contributed by atoms with E-state index < -0.39 is 0 Å². The van der Waals surface area contributed by atoms with Crippen molar-refractivity contribution >= 4 is 11.8 Å². The summed E-state index contributed by atoms with van der Waals surface area (Å²) in [5.74, 6) is 2.25. The van der Waals surface area contributed by atoms with Gasteiger partial charge in [-0.1, -0.05) is 6.42 Å². The molecule has 2 fully saturated rings. The predicted octanol–water partition coefficient (Wildman–Crippen LogP) is 2.01. The van der Waals surface area contributed by atoms with Crippen LogP contribution in [0.1, 0.15) is 32.1 Å². The van der Waals surface area contributed by atoms with Crippen LogP contribution >= 0.6 is 11.8 Å². The van der Waals surface area contributed by atoms with E-state index in [2.05, 4.69) is 11.8 Å². The minimum atomic E-state index is 0.529. The fraction of sp³-hybridized carbons (Fsp3) is 1.00. The smallest absolute Gasteiger partial charge is 0.00900 e. The van der Waals surface area contributed by atoms with E-state index >= 15 is 0 Å². The molecule has 11 heavy (non-hydrogen) atoms. The van der Waals surface area contributed by atoms with Gasteiger partial charge in [0.2, 0.25) is 0 Å². The monoisotopic (exact) mass is 171 g/mol. The largest absolute Gasteiger partial charge is 0.327 e. The molecule has 1 saturated heterocycles. The highest BCUT2D eigenvalue weighted by Crippen LogP contribution is 2.39. The Kier molecular flexibility index (Phi) is 2.42. The molecule has 0 aromatic carbocycles. The van der Waals surface area contributed by atoms with Crippen molar-refractivity contribution in [3.8, 4) is 0 Å². The van der Waals surface area contributed by atoms with Gasteiger partial charge in [0.15, 0.2) is 0 Å². The van der Waals surface area contributed by atoms with Gasteiger partial charge in [-0.2, -0.15) is 11.8 Å². The van der Waals surface area contributed by atoms with Gasteiger partial charge in [0.25, 0.3) is 0 Å². The van der Waals surface area contributed by atoms with E-state index in [0.717, 1.165) is 11.2 Å². The molecular formula is C9H17NS. The fourth-order valence-corrected chi connectivity index (χ4v) is 3.97. The summed E-state index contributed by atoms with van der Waals surface area (Å²) < 4.78 is 0. The Hall–Kier alpha value is 0.310. The number of rotatable bonds is 0. The highest BCUT2D eigenvalue weighted by atomic mass is 32.2. The molecule has 0 spiro atoms. The van der Waals surface area contributed by atoms with Crippen LogP contribution < -0.4 is 5.73 Å². The average Bonchev–Trinajstić information content (AvgIpc) is 2.06. The summed E-state index contributed by atoms with van der Waals surface area (Å²) in [6.45, 7) is 0. The van der Waals surface area contributed by atoms with E-state index in [-0.39, 0.29) is 0 Å². The number of hydrogen-bond acceptors (Lipinski definition) is 2. The molecular weight excluding hydrogens is 154 g/mol. The Bertz CT molecular complexity index is 136. The summed E-state index contributed by atoms with van der Waals surface area (Å²) in [5, 5.41) is 0.924. The van der Waals surface area contributed by atoms with Crippen molar-refractivity contribution in [3.63, 3.8) is 0 Å². The van der Waals surface area contributed by atoms with Crippen LogP contribution in [0.4, 0.5) is 0 Å². The first-order valence-electron chi connectivity index (χ1n) is 4.75. The molecule has 3 atom stereocenters. The lowest BCUT2D eigenvalue weighted by atomic mass is 9.81. The van der Waals surface area contributed by atoms with Crippen molar-refractivity contribution in [2.24, 2.45) is 11.7 Å². The molecule has 2 N–H and O–H groups in total. The molecule has 0 aromatic heterocycles. The number of thioether (sulfide) groups is 1. The molecule has 0 bridgehead atoms. The Labute approximate surface area is 73.1 Å². The minimum absolute atomic E-state index is 0.529. The van der Waals surface area contributed by atoms with Crippen molar-refractivity contribution in [3.05, 3.63) is 0 Å². The molecule has 1 nitrogen and oxygen atoms in total. The average molecular weight is 171 g/mol. The van der Waals surface area contributed by atoms with Gasteiger partial charge in [0.05, 0.1) is 0 Å². The normalized spacial score (nSPS) is 45.0. The van der Waals surface area contributed by atoms with Gasteiger partial charge in [-0.25, -0.2) is 0 Å². The Morgan fingerprint density at radius 2 is 2.00 bits per heavy atom.